The van der Waals surface area contributed by atoms with Crippen LogP contribution in [0.1, 0.15) is 31.7 Å². The number of hydrogen-bond acceptors (Lipinski definition) is 9. The normalized spacial score (nSPS) is 20.4. The number of halogens is 2. The second-order valence-corrected chi connectivity index (χ2v) is 12.5. The topological polar surface area (TPSA) is 112 Å². The van der Waals surface area contributed by atoms with Crippen molar-refractivity contribution in [2.24, 2.45) is 0 Å². The number of ether oxygens (including phenoxy) is 1. The molecule has 3 atom stereocenters. The fourth-order valence-electron chi connectivity index (χ4n) is 6.58. The SMILES string of the molecule is C=CC(=O)N1CC[C@@H](N(C)c2nc(OC[C@@H]3CCCN3C)nc3c(F)c(-c4ccc(F)c5sc(N)c(C#N)c45)ccc23)[C@@H]1C. The Morgan fingerprint density at radius 3 is 2.73 bits per heavy atom. The van der Waals surface area contributed by atoms with Gasteiger partial charge in [-0.3, -0.25) is 4.79 Å². The zero-order valence-electron chi connectivity index (χ0n) is 24.8. The Morgan fingerprint density at radius 1 is 1.25 bits per heavy atom. The van der Waals surface area contributed by atoms with Crippen molar-refractivity contribution in [2.75, 3.05) is 44.4 Å². The number of anilines is 2. The highest BCUT2D eigenvalue weighted by molar-refractivity contribution is 7.23. The van der Waals surface area contributed by atoms with E-state index in [2.05, 4.69) is 16.5 Å². The van der Waals surface area contributed by atoms with Gasteiger partial charge in [0, 0.05) is 42.0 Å². The third kappa shape index (κ3) is 4.90. The van der Waals surface area contributed by atoms with E-state index in [-0.39, 0.29) is 61.8 Å². The minimum absolute atomic E-state index is 0.0398. The number of amides is 1. The summed E-state index contributed by atoms with van der Waals surface area (Å²) >= 11 is 0.961. The first-order chi connectivity index (χ1) is 21.1. The number of nitriles is 1. The van der Waals surface area contributed by atoms with Crippen LogP contribution in [0.3, 0.4) is 0 Å². The van der Waals surface area contributed by atoms with Gasteiger partial charge in [0.1, 0.15) is 34.8 Å². The zero-order valence-corrected chi connectivity index (χ0v) is 25.6. The lowest BCUT2D eigenvalue weighted by atomic mass is 9.97. The smallest absolute Gasteiger partial charge is 0.319 e. The van der Waals surface area contributed by atoms with Crippen LogP contribution in [-0.4, -0.2) is 77.6 Å². The standard InChI is InChI=1S/C32H33F2N7O2S/c1-5-25(42)41-14-12-24(17(41)2)40(4)31-21-9-8-20(19-10-11-23(33)29-26(19)22(15-35)30(36)44-29)27(34)28(21)37-32(38-31)43-16-18-7-6-13-39(18)3/h5,8-11,17-18,24H,1,6-7,12-14,16,36H2,2-4H3/t17-,18-,24+/m0/s1. The Bertz CT molecular complexity index is 1840. The van der Waals surface area contributed by atoms with Gasteiger partial charge < -0.3 is 25.2 Å². The molecule has 4 heterocycles. The van der Waals surface area contributed by atoms with Crippen molar-refractivity contribution in [3.63, 3.8) is 0 Å². The van der Waals surface area contributed by atoms with Gasteiger partial charge in [-0.25, -0.2) is 8.78 Å². The van der Waals surface area contributed by atoms with Gasteiger partial charge in [-0.05, 0) is 63.6 Å². The predicted octanol–water partition coefficient (Wildman–Crippen LogP) is 5.33. The van der Waals surface area contributed by atoms with Crippen molar-refractivity contribution in [1.29, 1.82) is 5.26 Å². The Morgan fingerprint density at radius 2 is 2.02 bits per heavy atom. The number of fused-ring (bicyclic) bond motifs is 2. The number of benzene rings is 2. The van der Waals surface area contributed by atoms with Crippen molar-refractivity contribution in [3.8, 4) is 23.2 Å². The summed E-state index contributed by atoms with van der Waals surface area (Å²) in [4.78, 5) is 27.7. The van der Waals surface area contributed by atoms with E-state index in [1.807, 2.05) is 32.0 Å². The molecule has 2 N–H and O–H groups in total. The molecule has 0 unspecified atom stereocenters. The van der Waals surface area contributed by atoms with E-state index in [1.54, 1.807) is 17.0 Å². The molecule has 1 amide bonds. The van der Waals surface area contributed by atoms with Gasteiger partial charge in [0.2, 0.25) is 5.91 Å². The highest BCUT2D eigenvalue weighted by atomic mass is 32.1. The van der Waals surface area contributed by atoms with Crippen LogP contribution in [0, 0.1) is 23.0 Å². The van der Waals surface area contributed by atoms with Crippen LogP contribution in [0.4, 0.5) is 19.6 Å². The van der Waals surface area contributed by atoms with E-state index in [1.165, 1.54) is 18.2 Å². The first kappa shape index (κ1) is 29.7. The number of thiophene rings is 1. The van der Waals surface area contributed by atoms with Gasteiger partial charge in [-0.1, -0.05) is 18.7 Å². The minimum atomic E-state index is -0.646. The monoisotopic (exact) mass is 617 g/mol. The summed E-state index contributed by atoms with van der Waals surface area (Å²) < 4.78 is 37.7. The molecule has 2 aromatic carbocycles. The molecule has 2 aliphatic rings. The van der Waals surface area contributed by atoms with Crippen molar-refractivity contribution < 1.29 is 18.3 Å². The van der Waals surface area contributed by atoms with Gasteiger partial charge in [-0.2, -0.15) is 15.2 Å². The lowest BCUT2D eigenvalue weighted by Crippen LogP contribution is -2.43. The maximum atomic E-state index is 16.7. The van der Waals surface area contributed by atoms with Crippen molar-refractivity contribution in [2.45, 2.75) is 44.3 Å². The van der Waals surface area contributed by atoms with Crippen LogP contribution < -0.4 is 15.4 Å². The minimum Gasteiger partial charge on any atom is -0.462 e. The van der Waals surface area contributed by atoms with Crippen molar-refractivity contribution >= 4 is 49.1 Å². The van der Waals surface area contributed by atoms with Crippen LogP contribution in [-0.2, 0) is 4.79 Å². The molecule has 44 heavy (non-hydrogen) atoms. The molecule has 2 aromatic heterocycles. The summed E-state index contributed by atoms with van der Waals surface area (Å²) in [6.45, 7) is 7.49. The van der Waals surface area contributed by atoms with Gasteiger partial charge in [-0.15, -0.1) is 11.3 Å². The van der Waals surface area contributed by atoms with Gasteiger partial charge in [0.15, 0.2) is 5.82 Å². The number of nitrogens with two attached hydrogens (primary N) is 1. The molecule has 2 aliphatic heterocycles. The van der Waals surface area contributed by atoms with Gasteiger partial charge in [0.25, 0.3) is 0 Å². The summed E-state index contributed by atoms with van der Waals surface area (Å²) in [5.74, 6) is -0.844. The summed E-state index contributed by atoms with van der Waals surface area (Å²) in [6, 6.07) is 8.09. The summed E-state index contributed by atoms with van der Waals surface area (Å²) in [7, 11) is 3.92. The number of carbonyl (C=O) groups is 1. The lowest BCUT2D eigenvalue weighted by Gasteiger charge is -2.32. The molecule has 2 saturated heterocycles. The number of rotatable bonds is 7. The average molecular weight is 618 g/mol. The molecule has 0 radical (unpaired) electrons. The Labute approximate surface area is 258 Å². The highest BCUT2D eigenvalue weighted by Gasteiger charge is 2.37. The molecule has 2 fully saturated rings. The zero-order chi connectivity index (χ0) is 31.3. The third-order valence-electron chi connectivity index (χ3n) is 9.07. The van der Waals surface area contributed by atoms with E-state index in [0.717, 1.165) is 30.7 Å². The van der Waals surface area contributed by atoms with Gasteiger partial charge in [0.05, 0.1) is 16.3 Å². The van der Waals surface area contributed by atoms with E-state index in [0.29, 0.717) is 36.3 Å². The van der Waals surface area contributed by atoms with Gasteiger partial charge >= 0.3 is 6.01 Å². The molecule has 0 bridgehead atoms. The predicted molar refractivity (Wildman–Crippen MR) is 169 cm³/mol. The Balaban J connectivity index is 1.49. The highest BCUT2D eigenvalue weighted by Crippen LogP contribution is 2.43. The molecule has 0 saturated carbocycles. The first-order valence-electron chi connectivity index (χ1n) is 14.5. The van der Waals surface area contributed by atoms with Crippen LogP contribution in [0.25, 0.3) is 32.1 Å². The number of carbonyl (C=O) groups excluding carboxylic acids is 1. The molecule has 4 aromatic rings. The molecule has 9 nitrogen and oxygen atoms in total. The number of nitrogens with zero attached hydrogens (tertiary/aromatic N) is 6. The summed E-state index contributed by atoms with van der Waals surface area (Å²) in [6.07, 6.45) is 4.05. The van der Waals surface area contributed by atoms with Crippen molar-refractivity contribution in [1.82, 2.24) is 19.8 Å². The van der Waals surface area contributed by atoms with Crippen LogP contribution in [0.15, 0.2) is 36.9 Å². The van der Waals surface area contributed by atoms with Crippen LogP contribution in [0.2, 0.25) is 0 Å². The first-order valence-corrected chi connectivity index (χ1v) is 15.4. The number of likely N-dealkylation sites (N-methyl/N-ethyl adjacent to an activating group) is 2. The molecular weight excluding hydrogens is 584 g/mol. The number of hydrogen-bond donors (Lipinski definition) is 1. The fourth-order valence-corrected chi connectivity index (χ4v) is 7.53. The lowest BCUT2D eigenvalue weighted by molar-refractivity contribution is -0.126. The largest absolute Gasteiger partial charge is 0.462 e. The molecular formula is C32H33F2N7O2S. The molecule has 0 spiro atoms. The molecule has 0 aliphatic carbocycles. The van der Waals surface area contributed by atoms with E-state index < -0.39 is 11.6 Å². The van der Waals surface area contributed by atoms with E-state index in [9.17, 15) is 14.4 Å². The maximum absolute atomic E-state index is 16.7. The average Bonchev–Trinajstić information content (AvgIpc) is 3.71. The second kappa shape index (κ2) is 11.6. The van der Waals surface area contributed by atoms with Crippen LogP contribution >= 0.6 is 11.3 Å². The Kier molecular flexibility index (Phi) is 7.86. The summed E-state index contributed by atoms with van der Waals surface area (Å²) in [5, 5.41) is 10.7. The van der Waals surface area contributed by atoms with Crippen LogP contribution in [0.5, 0.6) is 6.01 Å². The van der Waals surface area contributed by atoms with E-state index >= 15 is 4.39 Å². The number of likely N-dealkylation sites (tertiary alicyclic amines) is 2. The molecule has 12 heteroatoms. The second-order valence-electron chi connectivity index (χ2n) is 11.4. The quantitative estimate of drug-likeness (QED) is 0.277. The summed E-state index contributed by atoms with van der Waals surface area (Å²) in [5.41, 5.74) is 6.69. The number of aromatic nitrogens is 2. The third-order valence-corrected chi connectivity index (χ3v) is 10.1. The maximum Gasteiger partial charge on any atom is 0.319 e. The number of nitrogen functional groups attached to an aromatic ring is 1. The molecule has 6 rings (SSSR count). The molecule has 228 valence electrons. The van der Waals surface area contributed by atoms with E-state index in [4.69, 9.17) is 15.5 Å². The van der Waals surface area contributed by atoms with Crippen molar-refractivity contribution in [3.05, 3.63) is 54.1 Å². The Hall–Kier alpha value is -4.34. The fraction of sp³-hybridized carbons (Fsp3) is 0.375.